The number of rotatable bonds is 1. The van der Waals surface area contributed by atoms with E-state index in [4.69, 9.17) is 0 Å². The molecule has 0 bridgehead atoms. The van der Waals surface area contributed by atoms with Crippen molar-refractivity contribution < 1.29 is 0 Å². The molecular weight excluding hydrogens is 260 g/mol. The number of aromatic amines is 1. The molecule has 4 rings (SSSR count). The number of hydrogen-bond donors (Lipinski definition) is 1. The summed E-state index contributed by atoms with van der Waals surface area (Å²) in [6.45, 7) is 0. The number of fused-ring (bicyclic) bond motifs is 2. The molecule has 0 aliphatic rings. The Morgan fingerprint density at radius 3 is 2.81 bits per heavy atom. The fourth-order valence-corrected chi connectivity index (χ4v) is 2.69. The first-order valence-electron chi connectivity index (χ1n) is 6.78. The van der Waals surface area contributed by atoms with Crippen LogP contribution in [0.1, 0.15) is 0 Å². The van der Waals surface area contributed by atoms with Crippen molar-refractivity contribution in [1.29, 1.82) is 0 Å². The zero-order chi connectivity index (χ0) is 14.2. The van der Waals surface area contributed by atoms with E-state index >= 15 is 0 Å². The fourth-order valence-electron chi connectivity index (χ4n) is 2.69. The fraction of sp³-hybridized carbons (Fsp3) is 0. The van der Waals surface area contributed by atoms with E-state index in [-0.39, 0.29) is 5.43 Å². The summed E-state index contributed by atoms with van der Waals surface area (Å²) in [5.41, 5.74) is 3.68. The molecule has 0 aliphatic heterocycles. The van der Waals surface area contributed by atoms with Crippen molar-refractivity contribution in [2.75, 3.05) is 0 Å². The van der Waals surface area contributed by atoms with Gasteiger partial charge in [0, 0.05) is 34.9 Å². The minimum absolute atomic E-state index is 0.0208. The molecule has 21 heavy (non-hydrogen) atoms. The van der Waals surface area contributed by atoms with Gasteiger partial charge in [0.2, 0.25) is 0 Å². The number of pyridine rings is 2. The van der Waals surface area contributed by atoms with Gasteiger partial charge < -0.3 is 4.98 Å². The lowest BCUT2D eigenvalue weighted by atomic mass is 10.0. The van der Waals surface area contributed by atoms with Crippen molar-refractivity contribution in [2.45, 2.75) is 0 Å². The smallest absolute Gasteiger partial charge is 0.189 e. The maximum Gasteiger partial charge on any atom is 0.189 e. The van der Waals surface area contributed by atoms with Gasteiger partial charge in [-0.25, -0.2) is 0 Å². The molecule has 0 saturated heterocycles. The quantitative estimate of drug-likeness (QED) is 0.573. The summed E-state index contributed by atoms with van der Waals surface area (Å²) in [5.74, 6) is 0. The predicted octanol–water partition coefficient (Wildman–Crippen LogP) is 3.74. The first kappa shape index (κ1) is 11.9. The summed E-state index contributed by atoms with van der Waals surface area (Å²) < 4.78 is 0. The third kappa shape index (κ3) is 1.91. The highest BCUT2D eigenvalue weighted by Crippen LogP contribution is 2.27. The molecule has 3 heteroatoms. The van der Waals surface area contributed by atoms with E-state index in [1.807, 2.05) is 48.7 Å². The van der Waals surface area contributed by atoms with E-state index in [9.17, 15) is 4.79 Å². The molecule has 0 atom stereocenters. The predicted molar refractivity (Wildman–Crippen MR) is 85.3 cm³/mol. The van der Waals surface area contributed by atoms with Gasteiger partial charge in [-0.05, 0) is 23.8 Å². The van der Waals surface area contributed by atoms with E-state index in [1.54, 1.807) is 12.3 Å². The van der Waals surface area contributed by atoms with Crippen LogP contribution in [0.4, 0.5) is 0 Å². The number of aromatic nitrogens is 2. The standard InChI is InChI=1S/C18H12N2O/c21-17-8-9-19-16-7-3-5-14(18(16)17)13-10-12-4-1-2-6-15(12)20-11-13/h1-11H,(H,19,21). The molecule has 1 N–H and O–H groups in total. The Kier molecular flexibility index (Phi) is 2.57. The first-order chi connectivity index (χ1) is 10.3. The SMILES string of the molecule is O=c1cc[nH]c2cccc(-c3cnc4ccccc4c3)c12. The molecule has 0 unspecified atom stereocenters. The van der Waals surface area contributed by atoms with E-state index in [1.165, 1.54) is 0 Å². The van der Waals surface area contributed by atoms with Crippen LogP contribution < -0.4 is 5.43 Å². The zero-order valence-electron chi connectivity index (χ0n) is 11.2. The highest BCUT2D eigenvalue weighted by molar-refractivity contribution is 5.96. The van der Waals surface area contributed by atoms with Crippen LogP contribution in [0.5, 0.6) is 0 Å². The molecule has 0 spiro atoms. The minimum atomic E-state index is 0.0208. The molecule has 0 aliphatic carbocycles. The Labute approximate surface area is 120 Å². The second kappa shape index (κ2) is 4.56. The minimum Gasteiger partial charge on any atom is -0.361 e. The monoisotopic (exact) mass is 272 g/mol. The number of nitrogens with zero attached hydrogens (tertiary/aromatic N) is 1. The van der Waals surface area contributed by atoms with Gasteiger partial charge in [-0.15, -0.1) is 0 Å². The van der Waals surface area contributed by atoms with Crippen LogP contribution >= 0.6 is 0 Å². The third-order valence-corrected chi connectivity index (χ3v) is 3.69. The summed E-state index contributed by atoms with van der Waals surface area (Å²) in [4.78, 5) is 19.8. The van der Waals surface area contributed by atoms with Crippen molar-refractivity contribution in [3.05, 3.63) is 77.2 Å². The van der Waals surface area contributed by atoms with E-state index in [0.29, 0.717) is 5.39 Å². The molecule has 2 heterocycles. The second-order valence-electron chi connectivity index (χ2n) is 4.99. The molecule has 2 aromatic carbocycles. The highest BCUT2D eigenvalue weighted by atomic mass is 16.1. The summed E-state index contributed by atoms with van der Waals surface area (Å²) in [6.07, 6.45) is 3.50. The molecule has 3 nitrogen and oxygen atoms in total. The maximum absolute atomic E-state index is 12.2. The van der Waals surface area contributed by atoms with Gasteiger partial charge in [-0.3, -0.25) is 9.78 Å². The molecule has 0 fully saturated rings. The van der Waals surface area contributed by atoms with Gasteiger partial charge in [-0.1, -0.05) is 30.3 Å². The lowest BCUT2D eigenvalue weighted by Gasteiger charge is -2.07. The summed E-state index contributed by atoms with van der Waals surface area (Å²) in [5, 5.41) is 1.77. The van der Waals surface area contributed by atoms with Crippen LogP contribution in [0.3, 0.4) is 0 Å². The summed E-state index contributed by atoms with van der Waals surface area (Å²) >= 11 is 0. The van der Waals surface area contributed by atoms with Crippen molar-refractivity contribution in [3.8, 4) is 11.1 Å². The second-order valence-corrected chi connectivity index (χ2v) is 4.99. The van der Waals surface area contributed by atoms with Gasteiger partial charge in [0.25, 0.3) is 0 Å². The van der Waals surface area contributed by atoms with Crippen LogP contribution in [-0.2, 0) is 0 Å². The average molecular weight is 272 g/mol. The lowest BCUT2D eigenvalue weighted by molar-refractivity contribution is 1.38. The summed E-state index contributed by atoms with van der Waals surface area (Å²) in [6, 6.07) is 17.4. The largest absolute Gasteiger partial charge is 0.361 e. The molecular formula is C18H12N2O. The zero-order valence-corrected chi connectivity index (χ0v) is 11.2. The molecule has 4 aromatic rings. The number of para-hydroxylation sites is 1. The normalized spacial score (nSPS) is 11.0. The van der Waals surface area contributed by atoms with Gasteiger partial charge in [0.05, 0.1) is 10.9 Å². The first-order valence-corrected chi connectivity index (χ1v) is 6.78. The highest BCUT2D eigenvalue weighted by Gasteiger charge is 2.08. The number of H-pyrrole nitrogens is 1. The maximum atomic E-state index is 12.2. The van der Waals surface area contributed by atoms with Crippen molar-refractivity contribution >= 4 is 21.8 Å². The van der Waals surface area contributed by atoms with E-state index < -0.39 is 0 Å². The van der Waals surface area contributed by atoms with Gasteiger partial charge >= 0.3 is 0 Å². The molecule has 100 valence electrons. The molecule has 0 saturated carbocycles. The average Bonchev–Trinajstić information content (AvgIpc) is 2.54. The Balaban J connectivity index is 2.06. The third-order valence-electron chi connectivity index (χ3n) is 3.69. The van der Waals surface area contributed by atoms with Crippen LogP contribution in [0.2, 0.25) is 0 Å². The Bertz CT molecular complexity index is 1010. The molecule has 2 aromatic heterocycles. The van der Waals surface area contributed by atoms with Gasteiger partial charge in [-0.2, -0.15) is 0 Å². The summed E-state index contributed by atoms with van der Waals surface area (Å²) in [7, 11) is 0. The number of nitrogens with one attached hydrogen (secondary N) is 1. The van der Waals surface area contributed by atoms with E-state index in [2.05, 4.69) is 16.0 Å². The van der Waals surface area contributed by atoms with Crippen molar-refractivity contribution in [2.24, 2.45) is 0 Å². The Morgan fingerprint density at radius 2 is 1.86 bits per heavy atom. The van der Waals surface area contributed by atoms with E-state index in [0.717, 1.165) is 27.5 Å². The number of hydrogen-bond acceptors (Lipinski definition) is 2. The number of benzene rings is 2. The lowest BCUT2D eigenvalue weighted by Crippen LogP contribution is -2.01. The van der Waals surface area contributed by atoms with Crippen LogP contribution in [0, 0.1) is 0 Å². The topological polar surface area (TPSA) is 45.8 Å². The van der Waals surface area contributed by atoms with Gasteiger partial charge in [0.15, 0.2) is 5.43 Å². The van der Waals surface area contributed by atoms with Crippen molar-refractivity contribution in [1.82, 2.24) is 9.97 Å². The van der Waals surface area contributed by atoms with Crippen LogP contribution in [0.25, 0.3) is 32.9 Å². The van der Waals surface area contributed by atoms with Crippen molar-refractivity contribution in [3.63, 3.8) is 0 Å². The molecule has 0 amide bonds. The van der Waals surface area contributed by atoms with Crippen LogP contribution in [0.15, 0.2) is 71.8 Å². The van der Waals surface area contributed by atoms with Gasteiger partial charge in [0.1, 0.15) is 0 Å². The Hall–Kier alpha value is -2.94. The van der Waals surface area contributed by atoms with Crippen LogP contribution in [-0.4, -0.2) is 9.97 Å². The molecule has 0 radical (unpaired) electrons. The Morgan fingerprint density at radius 1 is 0.952 bits per heavy atom.